The number of hydrogen-bond acceptors (Lipinski definition) is 5. The molecule has 0 atom stereocenters. The highest BCUT2D eigenvalue weighted by Crippen LogP contribution is 2.28. The number of aromatic nitrogens is 3. The summed E-state index contributed by atoms with van der Waals surface area (Å²) >= 11 is 1.48. The number of fused-ring (bicyclic) bond motifs is 1. The molecule has 0 amide bonds. The number of non-ortho nitro benzene ring substituents is 1. The molecule has 23 heavy (non-hydrogen) atoms. The van der Waals surface area contributed by atoms with Crippen LogP contribution in [0.4, 0.5) is 5.69 Å². The third-order valence-electron chi connectivity index (χ3n) is 3.42. The van der Waals surface area contributed by atoms with Gasteiger partial charge in [0.25, 0.3) is 5.69 Å². The molecule has 0 unspecified atom stereocenters. The second-order valence-electron chi connectivity index (χ2n) is 4.93. The van der Waals surface area contributed by atoms with Crippen molar-refractivity contribution in [3.8, 4) is 21.8 Å². The zero-order valence-electron chi connectivity index (χ0n) is 11.8. The fourth-order valence-electron chi connectivity index (χ4n) is 2.32. The molecule has 112 valence electrons. The third-order valence-corrected chi connectivity index (χ3v) is 4.39. The first-order valence-corrected chi connectivity index (χ1v) is 7.69. The van der Waals surface area contributed by atoms with Crippen molar-refractivity contribution in [2.24, 2.45) is 0 Å². The Hall–Kier alpha value is -3.06. The van der Waals surface area contributed by atoms with Gasteiger partial charge < -0.3 is 0 Å². The Bertz CT molecular complexity index is 976. The summed E-state index contributed by atoms with van der Waals surface area (Å²) in [4.78, 5) is 15.7. The minimum atomic E-state index is -0.409. The zero-order chi connectivity index (χ0) is 15.8. The highest BCUT2D eigenvalue weighted by Gasteiger charge is 2.13. The first-order valence-electron chi connectivity index (χ1n) is 6.87. The maximum Gasteiger partial charge on any atom is 0.270 e. The highest BCUT2D eigenvalue weighted by atomic mass is 32.1. The van der Waals surface area contributed by atoms with Gasteiger partial charge in [0.1, 0.15) is 5.01 Å². The average Bonchev–Trinajstić information content (AvgIpc) is 3.14. The van der Waals surface area contributed by atoms with E-state index >= 15 is 0 Å². The fourth-order valence-corrected chi connectivity index (χ4v) is 3.20. The standard InChI is InChI=1S/C16H10N4O2S/c21-20(22)13-8-4-7-12(9-13)14-10-19-16(17-14)23-15(18-19)11-5-2-1-3-6-11/h1-10H. The number of imidazole rings is 1. The lowest BCUT2D eigenvalue weighted by Crippen LogP contribution is -1.88. The summed E-state index contributed by atoms with van der Waals surface area (Å²) in [6, 6.07) is 16.3. The van der Waals surface area contributed by atoms with Gasteiger partial charge in [-0.2, -0.15) is 5.10 Å². The summed E-state index contributed by atoms with van der Waals surface area (Å²) in [5.41, 5.74) is 2.47. The SMILES string of the molecule is O=[N+]([O-])c1cccc(-c2cn3nc(-c4ccccc4)sc3n2)c1. The van der Waals surface area contributed by atoms with Gasteiger partial charge in [-0.1, -0.05) is 53.8 Å². The van der Waals surface area contributed by atoms with Crippen LogP contribution in [-0.2, 0) is 0 Å². The van der Waals surface area contributed by atoms with Gasteiger partial charge in [-0.3, -0.25) is 10.1 Å². The van der Waals surface area contributed by atoms with E-state index in [4.69, 9.17) is 0 Å². The van der Waals surface area contributed by atoms with Gasteiger partial charge in [0.05, 0.1) is 16.8 Å². The molecule has 0 spiro atoms. The van der Waals surface area contributed by atoms with E-state index in [0.717, 1.165) is 15.5 Å². The van der Waals surface area contributed by atoms with E-state index in [2.05, 4.69) is 10.1 Å². The molecule has 0 aliphatic heterocycles. The predicted octanol–water partition coefficient (Wildman–Crippen LogP) is 4.03. The van der Waals surface area contributed by atoms with Crippen LogP contribution >= 0.6 is 11.3 Å². The Morgan fingerprint density at radius 3 is 2.57 bits per heavy atom. The molecule has 0 saturated heterocycles. The number of rotatable bonds is 3. The van der Waals surface area contributed by atoms with E-state index in [1.54, 1.807) is 22.8 Å². The van der Waals surface area contributed by atoms with Gasteiger partial charge in [0.2, 0.25) is 4.96 Å². The number of hydrogen-bond donors (Lipinski definition) is 0. The lowest BCUT2D eigenvalue weighted by atomic mass is 10.1. The van der Waals surface area contributed by atoms with Crippen molar-refractivity contribution in [1.82, 2.24) is 14.6 Å². The van der Waals surface area contributed by atoms with Crippen LogP contribution in [0.3, 0.4) is 0 Å². The molecule has 0 aliphatic carbocycles. The Labute approximate surface area is 134 Å². The van der Waals surface area contributed by atoms with Crippen LogP contribution in [0.15, 0.2) is 60.8 Å². The van der Waals surface area contributed by atoms with Crippen molar-refractivity contribution >= 4 is 22.0 Å². The van der Waals surface area contributed by atoms with Crippen LogP contribution in [0.25, 0.3) is 26.8 Å². The lowest BCUT2D eigenvalue weighted by molar-refractivity contribution is -0.384. The van der Waals surface area contributed by atoms with Crippen LogP contribution < -0.4 is 0 Å². The largest absolute Gasteiger partial charge is 0.270 e. The van der Waals surface area contributed by atoms with Crippen molar-refractivity contribution in [1.29, 1.82) is 0 Å². The molecule has 2 aromatic heterocycles. The van der Waals surface area contributed by atoms with Crippen LogP contribution in [0.1, 0.15) is 0 Å². The molecule has 0 bridgehead atoms. The normalized spacial score (nSPS) is 11.0. The van der Waals surface area contributed by atoms with Gasteiger partial charge in [-0.05, 0) is 0 Å². The molecule has 2 aromatic carbocycles. The van der Waals surface area contributed by atoms with Crippen LogP contribution in [0.5, 0.6) is 0 Å². The average molecular weight is 322 g/mol. The minimum Gasteiger partial charge on any atom is -0.258 e. The van der Waals surface area contributed by atoms with Gasteiger partial charge >= 0.3 is 0 Å². The van der Waals surface area contributed by atoms with E-state index < -0.39 is 4.92 Å². The lowest BCUT2D eigenvalue weighted by Gasteiger charge is -1.96. The van der Waals surface area contributed by atoms with Crippen LogP contribution in [-0.4, -0.2) is 19.5 Å². The van der Waals surface area contributed by atoms with E-state index in [9.17, 15) is 10.1 Å². The van der Waals surface area contributed by atoms with Crippen molar-refractivity contribution < 1.29 is 4.92 Å². The molecular weight excluding hydrogens is 312 g/mol. The summed E-state index contributed by atoms with van der Waals surface area (Å²) in [5.74, 6) is 0. The van der Waals surface area contributed by atoms with E-state index in [-0.39, 0.29) is 5.69 Å². The van der Waals surface area contributed by atoms with Gasteiger partial charge in [-0.25, -0.2) is 9.50 Å². The second kappa shape index (κ2) is 5.29. The smallest absolute Gasteiger partial charge is 0.258 e. The highest BCUT2D eigenvalue weighted by molar-refractivity contribution is 7.19. The van der Waals surface area contributed by atoms with Crippen LogP contribution in [0, 0.1) is 10.1 Å². The minimum absolute atomic E-state index is 0.0526. The fraction of sp³-hybridized carbons (Fsp3) is 0. The van der Waals surface area contributed by atoms with Gasteiger partial charge in [0.15, 0.2) is 0 Å². The van der Waals surface area contributed by atoms with Crippen molar-refractivity contribution in [3.63, 3.8) is 0 Å². The molecule has 0 saturated carbocycles. The van der Waals surface area contributed by atoms with Crippen LogP contribution in [0.2, 0.25) is 0 Å². The molecule has 0 N–H and O–H groups in total. The maximum absolute atomic E-state index is 10.9. The van der Waals surface area contributed by atoms with Crippen molar-refractivity contribution in [2.75, 3.05) is 0 Å². The van der Waals surface area contributed by atoms with E-state index in [0.29, 0.717) is 11.3 Å². The molecule has 0 fully saturated rings. The second-order valence-corrected chi connectivity index (χ2v) is 5.89. The number of nitrogens with zero attached hydrogens (tertiary/aromatic N) is 4. The van der Waals surface area contributed by atoms with Crippen molar-refractivity contribution in [3.05, 3.63) is 70.9 Å². The quantitative estimate of drug-likeness (QED) is 0.421. The summed E-state index contributed by atoms with van der Waals surface area (Å²) < 4.78 is 1.71. The Morgan fingerprint density at radius 1 is 1.04 bits per heavy atom. The summed E-state index contributed by atoms with van der Waals surface area (Å²) in [5, 5.41) is 16.3. The molecule has 7 heteroatoms. The van der Waals surface area contributed by atoms with E-state index in [1.165, 1.54) is 23.5 Å². The van der Waals surface area contributed by atoms with Crippen molar-refractivity contribution in [2.45, 2.75) is 0 Å². The monoisotopic (exact) mass is 322 g/mol. The van der Waals surface area contributed by atoms with E-state index in [1.807, 2.05) is 30.3 Å². The topological polar surface area (TPSA) is 73.3 Å². The Kier molecular flexibility index (Phi) is 3.13. The number of benzene rings is 2. The third kappa shape index (κ3) is 2.47. The molecular formula is C16H10N4O2S. The predicted molar refractivity (Wildman–Crippen MR) is 88.4 cm³/mol. The Morgan fingerprint density at radius 2 is 1.83 bits per heavy atom. The molecule has 0 radical (unpaired) electrons. The number of nitro groups is 1. The molecule has 2 heterocycles. The molecule has 4 rings (SSSR count). The molecule has 4 aromatic rings. The molecule has 6 nitrogen and oxygen atoms in total. The maximum atomic E-state index is 10.9. The molecule has 0 aliphatic rings. The van der Waals surface area contributed by atoms with Gasteiger partial charge in [-0.15, -0.1) is 0 Å². The number of nitro benzene ring substituents is 1. The Balaban J connectivity index is 1.75. The first-order chi connectivity index (χ1) is 11.2. The summed E-state index contributed by atoms with van der Waals surface area (Å²) in [6.45, 7) is 0. The summed E-state index contributed by atoms with van der Waals surface area (Å²) in [7, 11) is 0. The van der Waals surface area contributed by atoms with Gasteiger partial charge in [0, 0.05) is 23.3 Å². The first kappa shape index (κ1) is 13.6. The summed E-state index contributed by atoms with van der Waals surface area (Å²) in [6.07, 6.45) is 1.79. The zero-order valence-corrected chi connectivity index (χ0v) is 12.6.